The number of likely N-dealkylation sites (tertiary alicyclic amines) is 1. The van der Waals surface area contributed by atoms with Crippen LogP contribution >= 0.6 is 0 Å². The summed E-state index contributed by atoms with van der Waals surface area (Å²) in [6.45, 7) is 4.44. The summed E-state index contributed by atoms with van der Waals surface area (Å²) < 4.78 is 4.95. The fourth-order valence-electron chi connectivity index (χ4n) is 2.69. The molecular formula is C16H19N3O2. The number of carbonyl (C=O) groups excluding carboxylic acids is 1. The summed E-state index contributed by atoms with van der Waals surface area (Å²) in [7, 11) is 0. The van der Waals surface area contributed by atoms with Gasteiger partial charge in [-0.1, -0.05) is 35.5 Å². The number of benzene rings is 1. The Labute approximate surface area is 123 Å². The molecular weight excluding hydrogens is 266 g/mol. The molecule has 1 N–H and O–H groups in total. The van der Waals surface area contributed by atoms with E-state index in [4.69, 9.17) is 4.52 Å². The third-order valence-corrected chi connectivity index (χ3v) is 3.77. The van der Waals surface area contributed by atoms with Gasteiger partial charge in [0.05, 0.1) is 5.92 Å². The Morgan fingerprint density at radius 2 is 2.24 bits per heavy atom. The minimum atomic E-state index is 0.0192. The van der Waals surface area contributed by atoms with Crippen LogP contribution in [0, 0.1) is 12.8 Å². The van der Waals surface area contributed by atoms with Crippen LogP contribution < -0.4 is 5.32 Å². The first kappa shape index (κ1) is 13.8. The highest BCUT2D eigenvalue weighted by Gasteiger charge is 2.28. The van der Waals surface area contributed by atoms with E-state index in [0.717, 1.165) is 26.1 Å². The smallest absolute Gasteiger partial charge is 0.230 e. The summed E-state index contributed by atoms with van der Waals surface area (Å²) in [5, 5.41) is 6.61. The standard InChI is InChI=1S/C16H19N3O2/c1-12-9-15(18-21-12)17-16(20)14-7-8-19(11-14)10-13-5-3-2-4-6-13/h2-6,9,14H,7-8,10-11H2,1H3,(H,17,18,20). The Bertz CT molecular complexity index is 609. The van der Waals surface area contributed by atoms with Gasteiger partial charge in [-0.3, -0.25) is 9.69 Å². The molecule has 1 aromatic carbocycles. The van der Waals surface area contributed by atoms with Crippen LogP contribution in [-0.2, 0) is 11.3 Å². The van der Waals surface area contributed by atoms with Crippen LogP contribution in [0.3, 0.4) is 0 Å². The third kappa shape index (κ3) is 3.49. The first-order valence-electron chi connectivity index (χ1n) is 7.21. The van der Waals surface area contributed by atoms with Gasteiger partial charge in [0.15, 0.2) is 5.82 Å². The minimum absolute atomic E-state index is 0.0192. The molecule has 1 aliphatic rings. The quantitative estimate of drug-likeness (QED) is 0.937. The van der Waals surface area contributed by atoms with E-state index in [1.807, 2.05) is 18.2 Å². The molecule has 1 aliphatic heterocycles. The van der Waals surface area contributed by atoms with Crippen LogP contribution in [0.15, 0.2) is 40.9 Å². The molecule has 2 heterocycles. The van der Waals surface area contributed by atoms with Gasteiger partial charge >= 0.3 is 0 Å². The summed E-state index contributed by atoms with van der Waals surface area (Å²) >= 11 is 0. The Balaban J connectivity index is 1.53. The number of aryl methyl sites for hydroxylation is 1. The average molecular weight is 285 g/mol. The highest BCUT2D eigenvalue weighted by Crippen LogP contribution is 2.20. The fourth-order valence-corrected chi connectivity index (χ4v) is 2.69. The molecule has 1 amide bonds. The number of amides is 1. The highest BCUT2D eigenvalue weighted by atomic mass is 16.5. The van der Waals surface area contributed by atoms with Gasteiger partial charge in [0.1, 0.15) is 5.76 Å². The minimum Gasteiger partial charge on any atom is -0.360 e. The Kier molecular flexibility index (Phi) is 4.01. The van der Waals surface area contributed by atoms with Gasteiger partial charge in [0.2, 0.25) is 5.91 Å². The van der Waals surface area contributed by atoms with Crippen LogP contribution in [0.2, 0.25) is 0 Å². The highest BCUT2D eigenvalue weighted by molar-refractivity contribution is 5.92. The number of carbonyl (C=O) groups is 1. The molecule has 5 nitrogen and oxygen atoms in total. The molecule has 3 rings (SSSR count). The molecule has 1 fully saturated rings. The predicted molar refractivity (Wildman–Crippen MR) is 79.7 cm³/mol. The summed E-state index contributed by atoms with van der Waals surface area (Å²) in [5.74, 6) is 1.24. The van der Waals surface area contributed by atoms with Crippen LogP contribution in [0.1, 0.15) is 17.7 Å². The lowest BCUT2D eigenvalue weighted by Gasteiger charge is -2.15. The molecule has 1 unspecified atom stereocenters. The lowest BCUT2D eigenvalue weighted by atomic mass is 10.1. The zero-order valence-electron chi connectivity index (χ0n) is 12.1. The Morgan fingerprint density at radius 3 is 2.95 bits per heavy atom. The summed E-state index contributed by atoms with van der Waals surface area (Å²) in [5.41, 5.74) is 1.28. The molecule has 1 aromatic heterocycles. The molecule has 1 saturated heterocycles. The van der Waals surface area contributed by atoms with E-state index in [1.165, 1.54) is 5.56 Å². The van der Waals surface area contributed by atoms with Gasteiger partial charge < -0.3 is 9.84 Å². The summed E-state index contributed by atoms with van der Waals surface area (Å²) in [4.78, 5) is 14.5. The van der Waals surface area contributed by atoms with E-state index >= 15 is 0 Å². The van der Waals surface area contributed by atoms with Crippen molar-refractivity contribution in [2.24, 2.45) is 5.92 Å². The van der Waals surface area contributed by atoms with Crippen molar-refractivity contribution in [3.05, 3.63) is 47.7 Å². The van der Waals surface area contributed by atoms with E-state index in [2.05, 4.69) is 27.5 Å². The molecule has 0 spiro atoms. The van der Waals surface area contributed by atoms with Crippen molar-refractivity contribution in [3.63, 3.8) is 0 Å². The van der Waals surface area contributed by atoms with Crippen molar-refractivity contribution in [2.75, 3.05) is 18.4 Å². The molecule has 5 heteroatoms. The monoisotopic (exact) mass is 285 g/mol. The van der Waals surface area contributed by atoms with Crippen molar-refractivity contribution in [1.82, 2.24) is 10.1 Å². The second-order valence-electron chi connectivity index (χ2n) is 5.52. The van der Waals surface area contributed by atoms with Crippen molar-refractivity contribution < 1.29 is 9.32 Å². The van der Waals surface area contributed by atoms with Crippen molar-refractivity contribution in [1.29, 1.82) is 0 Å². The average Bonchev–Trinajstić information content (AvgIpc) is 3.09. The Morgan fingerprint density at radius 1 is 1.43 bits per heavy atom. The second kappa shape index (κ2) is 6.10. The van der Waals surface area contributed by atoms with Crippen LogP contribution in [0.25, 0.3) is 0 Å². The first-order chi connectivity index (χ1) is 10.2. The van der Waals surface area contributed by atoms with Crippen molar-refractivity contribution in [3.8, 4) is 0 Å². The van der Waals surface area contributed by atoms with Gasteiger partial charge in [0, 0.05) is 19.2 Å². The van der Waals surface area contributed by atoms with E-state index in [9.17, 15) is 4.79 Å². The largest absolute Gasteiger partial charge is 0.360 e. The van der Waals surface area contributed by atoms with Crippen LogP contribution in [0.4, 0.5) is 5.82 Å². The van der Waals surface area contributed by atoms with Gasteiger partial charge in [-0.25, -0.2) is 0 Å². The third-order valence-electron chi connectivity index (χ3n) is 3.77. The topological polar surface area (TPSA) is 58.4 Å². The van der Waals surface area contributed by atoms with Crippen molar-refractivity contribution in [2.45, 2.75) is 19.9 Å². The lowest BCUT2D eigenvalue weighted by molar-refractivity contribution is -0.119. The van der Waals surface area contributed by atoms with E-state index < -0.39 is 0 Å². The molecule has 0 aliphatic carbocycles. The number of hydrogen-bond donors (Lipinski definition) is 1. The van der Waals surface area contributed by atoms with Gasteiger partial charge in [0.25, 0.3) is 0 Å². The zero-order valence-corrected chi connectivity index (χ0v) is 12.1. The molecule has 0 saturated carbocycles. The van der Waals surface area contributed by atoms with E-state index in [0.29, 0.717) is 11.6 Å². The first-order valence-corrected chi connectivity index (χ1v) is 7.21. The maximum absolute atomic E-state index is 12.2. The Hall–Kier alpha value is -2.14. The normalized spacial score (nSPS) is 18.8. The fraction of sp³-hybridized carbons (Fsp3) is 0.375. The van der Waals surface area contributed by atoms with Gasteiger partial charge in [-0.05, 0) is 25.5 Å². The zero-order chi connectivity index (χ0) is 14.7. The van der Waals surface area contributed by atoms with Gasteiger partial charge in [-0.2, -0.15) is 0 Å². The summed E-state index contributed by atoms with van der Waals surface area (Å²) in [6.07, 6.45) is 0.884. The number of aromatic nitrogens is 1. The van der Waals surface area contributed by atoms with E-state index in [-0.39, 0.29) is 11.8 Å². The maximum Gasteiger partial charge on any atom is 0.230 e. The lowest BCUT2D eigenvalue weighted by Crippen LogP contribution is -2.27. The molecule has 21 heavy (non-hydrogen) atoms. The number of rotatable bonds is 4. The molecule has 1 atom stereocenters. The maximum atomic E-state index is 12.2. The summed E-state index contributed by atoms with van der Waals surface area (Å²) in [6, 6.07) is 12.1. The van der Waals surface area contributed by atoms with Crippen LogP contribution in [0.5, 0.6) is 0 Å². The molecule has 110 valence electrons. The van der Waals surface area contributed by atoms with E-state index in [1.54, 1.807) is 13.0 Å². The predicted octanol–water partition coefficient (Wildman–Crippen LogP) is 2.44. The van der Waals surface area contributed by atoms with Crippen molar-refractivity contribution >= 4 is 11.7 Å². The molecule has 0 radical (unpaired) electrons. The number of nitrogens with zero attached hydrogens (tertiary/aromatic N) is 2. The molecule has 0 bridgehead atoms. The second-order valence-corrected chi connectivity index (χ2v) is 5.52. The number of anilines is 1. The SMILES string of the molecule is Cc1cc(NC(=O)C2CCN(Cc3ccccc3)C2)no1. The van der Waals surface area contributed by atoms with Gasteiger partial charge in [-0.15, -0.1) is 0 Å². The number of hydrogen-bond acceptors (Lipinski definition) is 4. The molecule has 2 aromatic rings. The number of nitrogens with one attached hydrogen (secondary N) is 1. The van der Waals surface area contributed by atoms with Crippen LogP contribution in [-0.4, -0.2) is 29.1 Å².